The van der Waals surface area contributed by atoms with Crippen molar-refractivity contribution in [3.8, 4) is 0 Å². The summed E-state index contributed by atoms with van der Waals surface area (Å²) in [5, 5.41) is 0. The van der Waals surface area contributed by atoms with Crippen LogP contribution >= 0.6 is 0 Å². The first kappa shape index (κ1) is 21.7. The molecular formula is C24H34N4O3. The van der Waals surface area contributed by atoms with Crippen LogP contribution in [0.1, 0.15) is 30.4 Å². The van der Waals surface area contributed by atoms with Gasteiger partial charge in [0, 0.05) is 59.3 Å². The SMILES string of the molecule is Cc1ccc(CC(=O)N2CCC3(CC2)CN(C(=O)N(C)C)CC32CCN(C)C2=O)cc1. The quantitative estimate of drug-likeness (QED) is 0.727. The Morgan fingerprint density at radius 2 is 1.61 bits per heavy atom. The second-order valence-electron chi connectivity index (χ2n) is 9.92. The van der Waals surface area contributed by atoms with Crippen molar-refractivity contribution in [3.63, 3.8) is 0 Å². The molecule has 7 heteroatoms. The van der Waals surface area contributed by atoms with Gasteiger partial charge in [0.2, 0.25) is 11.8 Å². The summed E-state index contributed by atoms with van der Waals surface area (Å²) in [5.74, 6) is 0.308. The molecule has 168 valence electrons. The lowest BCUT2D eigenvalue weighted by atomic mass is 9.60. The Labute approximate surface area is 185 Å². The van der Waals surface area contributed by atoms with Crippen molar-refractivity contribution in [2.24, 2.45) is 10.8 Å². The number of hydrogen-bond acceptors (Lipinski definition) is 3. The van der Waals surface area contributed by atoms with Gasteiger partial charge in [0.1, 0.15) is 0 Å². The summed E-state index contributed by atoms with van der Waals surface area (Å²) >= 11 is 0. The van der Waals surface area contributed by atoms with E-state index >= 15 is 0 Å². The van der Waals surface area contributed by atoms with Gasteiger partial charge in [-0.25, -0.2) is 4.79 Å². The van der Waals surface area contributed by atoms with Crippen LogP contribution in [0.2, 0.25) is 0 Å². The Hall–Kier alpha value is -2.57. The summed E-state index contributed by atoms with van der Waals surface area (Å²) in [6.07, 6.45) is 2.73. The molecule has 3 heterocycles. The minimum atomic E-state index is -0.514. The fourth-order valence-corrected chi connectivity index (χ4v) is 5.87. The second-order valence-corrected chi connectivity index (χ2v) is 9.92. The largest absolute Gasteiger partial charge is 0.345 e. The third-order valence-electron chi connectivity index (χ3n) is 7.80. The van der Waals surface area contributed by atoms with Crippen LogP contribution in [0.5, 0.6) is 0 Å². The number of benzene rings is 1. The van der Waals surface area contributed by atoms with Gasteiger partial charge in [0.05, 0.1) is 11.8 Å². The molecule has 0 aromatic heterocycles. The first-order valence-electron chi connectivity index (χ1n) is 11.2. The van der Waals surface area contributed by atoms with Crippen molar-refractivity contribution in [2.75, 3.05) is 53.9 Å². The van der Waals surface area contributed by atoms with Crippen LogP contribution < -0.4 is 0 Å². The summed E-state index contributed by atoms with van der Waals surface area (Å²) in [4.78, 5) is 46.2. The van der Waals surface area contributed by atoms with Crippen LogP contribution in [0.15, 0.2) is 24.3 Å². The number of urea groups is 1. The van der Waals surface area contributed by atoms with Gasteiger partial charge in [-0.3, -0.25) is 9.59 Å². The lowest BCUT2D eigenvalue weighted by Gasteiger charge is -2.46. The highest BCUT2D eigenvalue weighted by Gasteiger charge is 2.65. The van der Waals surface area contributed by atoms with E-state index in [-0.39, 0.29) is 23.3 Å². The molecule has 7 nitrogen and oxygen atoms in total. The summed E-state index contributed by atoms with van der Waals surface area (Å²) in [6.45, 7) is 5.16. The van der Waals surface area contributed by atoms with E-state index in [1.54, 1.807) is 19.0 Å². The number of likely N-dealkylation sites (tertiary alicyclic amines) is 3. The van der Waals surface area contributed by atoms with Gasteiger partial charge in [-0.15, -0.1) is 0 Å². The minimum Gasteiger partial charge on any atom is -0.345 e. The normalized spacial score (nSPS) is 25.0. The topological polar surface area (TPSA) is 64.2 Å². The van der Waals surface area contributed by atoms with Crippen LogP contribution in [0.3, 0.4) is 0 Å². The number of hydrogen-bond donors (Lipinski definition) is 0. The number of aryl methyl sites for hydroxylation is 1. The average Bonchev–Trinajstić information content (AvgIpc) is 3.22. The van der Waals surface area contributed by atoms with Crippen LogP contribution in [-0.4, -0.2) is 91.3 Å². The van der Waals surface area contributed by atoms with Crippen LogP contribution in [-0.2, 0) is 16.0 Å². The fraction of sp³-hybridized carbons (Fsp3) is 0.625. The summed E-state index contributed by atoms with van der Waals surface area (Å²) in [6, 6.07) is 8.07. The van der Waals surface area contributed by atoms with E-state index in [4.69, 9.17) is 0 Å². The highest BCUT2D eigenvalue weighted by molar-refractivity contribution is 5.88. The van der Waals surface area contributed by atoms with Crippen molar-refractivity contribution in [2.45, 2.75) is 32.6 Å². The maximum atomic E-state index is 13.3. The van der Waals surface area contributed by atoms with Crippen molar-refractivity contribution in [3.05, 3.63) is 35.4 Å². The second kappa shape index (κ2) is 7.84. The summed E-state index contributed by atoms with van der Waals surface area (Å²) in [7, 11) is 5.38. The van der Waals surface area contributed by atoms with Gasteiger partial charge in [-0.05, 0) is 31.7 Å². The molecule has 3 fully saturated rings. The highest BCUT2D eigenvalue weighted by Crippen LogP contribution is 2.57. The van der Waals surface area contributed by atoms with Gasteiger partial charge >= 0.3 is 6.03 Å². The molecule has 4 rings (SSSR count). The zero-order valence-electron chi connectivity index (χ0n) is 19.2. The third kappa shape index (κ3) is 3.58. The molecule has 4 amide bonds. The predicted molar refractivity (Wildman–Crippen MR) is 118 cm³/mol. The molecule has 3 aliphatic heterocycles. The van der Waals surface area contributed by atoms with Gasteiger partial charge < -0.3 is 19.6 Å². The number of carbonyl (C=O) groups excluding carboxylic acids is 3. The highest BCUT2D eigenvalue weighted by atomic mass is 16.2. The lowest BCUT2D eigenvalue weighted by Crippen LogP contribution is -2.53. The zero-order valence-corrected chi connectivity index (χ0v) is 19.2. The van der Waals surface area contributed by atoms with Gasteiger partial charge in [0.25, 0.3) is 0 Å². The molecule has 1 aromatic rings. The standard InChI is InChI=1S/C24H34N4O3/c1-18-5-7-19(8-6-18)15-20(29)27-13-9-23(10-14-27)16-28(22(31)25(2)3)17-24(23)11-12-26(4)21(24)30/h5-8H,9-17H2,1-4H3. The molecule has 2 spiro atoms. The Bertz CT molecular complexity index is 873. The number of rotatable bonds is 2. The van der Waals surface area contributed by atoms with Crippen molar-refractivity contribution in [1.82, 2.24) is 19.6 Å². The van der Waals surface area contributed by atoms with E-state index in [0.29, 0.717) is 32.6 Å². The van der Waals surface area contributed by atoms with Crippen LogP contribution in [0.25, 0.3) is 0 Å². The fourth-order valence-electron chi connectivity index (χ4n) is 5.87. The number of piperidine rings is 1. The maximum Gasteiger partial charge on any atom is 0.319 e. The monoisotopic (exact) mass is 426 g/mol. The average molecular weight is 427 g/mol. The molecule has 31 heavy (non-hydrogen) atoms. The number of amides is 4. The molecular weight excluding hydrogens is 392 g/mol. The van der Waals surface area contributed by atoms with Crippen LogP contribution in [0.4, 0.5) is 4.79 Å². The smallest absolute Gasteiger partial charge is 0.319 e. The number of carbonyl (C=O) groups is 3. The van der Waals surface area contributed by atoms with Crippen molar-refractivity contribution >= 4 is 17.8 Å². The maximum absolute atomic E-state index is 13.3. The predicted octanol–water partition coefficient (Wildman–Crippen LogP) is 1.99. The number of nitrogens with zero attached hydrogens (tertiary/aromatic N) is 4. The molecule has 1 unspecified atom stereocenters. The Balaban J connectivity index is 1.50. The van der Waals surface area contributed by atoms with Crippen molar-refractivity contribution in [1.29, 1.82) is 0 Å². The number of fused-ring (bicyclic) bond motifs is 1. The van der Waals surface area contributed by atoms with E-state index in [1.165, 1.54) is 5.56 Å². The van der Waals surface area contributed by atoms with Gasteiger partial charge in [0.15, 0.2) is 0 Å². The minimum absolute atomic E-state index is 0.0310. The molecule has 0 bridgehead atoms. The molecule has 1 aromatic carbocycles. The van der Waals surface area contributed by atoms with Gasteiger partial charge in [-0.2, -0.15) is 0 Å². The van der Waals surface area contributed by atoms with E-state index in [1.807, 2.05) is 52.9 Å². The summed E-state index contributed by atoms with van der Waals surface area (Å²) in [5.41, 5.74) is 1.45. The molecule has 3 aliphatic rings. The zero-order chi connectivity index (χ0) is 22.4. The van der Waals surface area contributed by atoms with E-state index in [9.17, 15) is 14.4 Å². The molecule has 0 aliphatic carbocycles. The van der Waals surface area contributed by atoms with Gasteiger partial charge in [-0.1, -0.05) is 29.8 Å². The molecule has 0 radical (unpaired) electrons. The van der Waals surface area contributed by atoms with Crippen LogP contribution in [0, 0.1) is 17.8 Å². The molecule has 0 N–H and O–H groups in total. The molecule has 3 saturated heterocycles. The Kier molecular flexibility index (Phi) is 5.48. The first-order chi connectivity index (χ1) is 14.7. The van der Waals surface area contributed by atoms with E-state index in [2.05, 4.69) is 0 Å². The summed E-state index contributed by atoms with van der Waals surface area (Å²) < 4.78 is 0. The first-order valence-corrected chi connectivity index (χ1v) is 11.2. The Morgan fingerprint density at radius 3 is 2.16 bits per heavy atom. The van der Waals surface area contributed by atoms with E-state index in [0.717, 1.165) is 31.4 Å². The third-order valence-corrected chi connectivity index (χ3v) is 7.80. The lowest BCUT2D eigenvalue weighted by molar-refractivity contribution is -0.143. The Morgan fingerprint density at radius 1 is 0.968 bits per heavy atom. The molecule has 0 saturated carbocycles. The van der Waals surface area contributed by atoms with E-state index < -0.39 is 5.41 Å². The molecule has 1 atom stereocenters. The van der Waals surface area contributed by atoms with Crippen molar-refractivity contribution < 1.29 is 14.4 Å².